The summed E-state index contributed by atoms with van der Waals surface area (Å²) in [5.74, 6) is -2.65. The molecule has 6 nitrogen and oxygen atoms in total. The minimum atomic E-state index is -2.03. The van der Waals surface area contributed by atoms with Crippen LogP contribution in [0.5, 0.6) is 0 Å². The van der Waals surface area contributed by atoms with Gasteiger partial charge in [-0.2, -0.15) is 0 Å². The van der Waals surface area contributed by atoms with Crippen molar-refractivity contribution < 1.29 is 24.5 Å². The van der Waals surface area contributed by atoms with Gasteiger partial charge in [0, 0.05) is 0 Å². The molecule has 0 saturated heterocycles. The maximum atomic E-state index is 12.2. The quantitative estimate of drug-likeness (QED) is 0.101. The van der Waals surface area contributed by atoms with E-state index in [-0.39, 0.29) is 37.7 Å². The van der Waals surface area contributed by atoms with Gasteiger partial charge in [-0.3, -0.25) is 0 Å². The summed E-state index contributed by atoms with van der Waals surface area (Å²) in [5.41, 5.74) is 0. The Morgan fingerprint density at radius 3 is 1.78 bits per heavy atom. The second kappa shape index (κ2) is 17.7. The third-order valence-electron chi connectivity index (χ3n) is 6.24. The van der Waals surface area contributed by atoms with Gasteiger partial charge in [0.15, 0.2) is 0 Å². The van der Waals surface area contributed by atoms with Crippen molar-refractivity contribution in [3.05, 3.63) is 0 Å². The van der Waals surface area contributed by atoms with Gasteiger partial charge in [0.1, 0.15) is 0 Å². The molecule has 192 valence electrons. The molecule has 0 aliphatic carbocycles. The van der Waals surface area contributed by atoms with Crippen molar-refractivity contribution in [2.75, 3.05) is 31.2 Å². The van der Waals surface area contributed by atoms with E-state index in [9.17, 15) is 19.8 Å². The number of nitrogens with one attached hydrogen (secondary N) is 1. The van der Waals surface area contributed by atoms with Crippen LogP contribution in [0.25, 0.3) is 0 Å². The first-order chi connectivity index (χ1) is 15.1. The SMILES string of the molecule is CCCC[PH](CCCC)(CCCC)CCCNC(=O)CCC(O)(O)CCC(=O)OC(C)C. The van der Waals surface area contributed by atoms with E-state index in [1.165, 1.54) is 63.2 Å². The number of esters is 1. The van der Waals surface area contributed by atoms with Crippen LogP contribution in [-0.2, 0) is 14.3 Å². The van der Waals surface area contributed by atoms with Gasteiger partial charge in [-0.15, -0.1) is 0 Å². The van der Waals surface area contributed by atoms with Crippen LogP contribution in [0.1, 0.15) is 105 Å². The molecule has 0 aromatic carbocycles. The Morgan fingerprint density at radius 1 is 0.844 bits per heavy atom. The van der Waals surface area contributed by atoms with Crippen molar-refractivity contribution in [3.63, 3.8) is 0 Å². The van der Waals surface area contributed by atoms with Gasteiger partial charge >= 0.3 is 177 Å². The molecule has 3 N–H and O–H groups in total. The summed E-state index contributed by atoms with van der Waals surface area (Å²) in [7, 11) is -1.29. The van der Waals surface area contributed by atoms with E-state index < -0.39 is 19.0 Å². The van der Waals surface area contributed by atoms with E-state index in [2.05, 4.69) is 26.1 Å². The molecule has 0 aliphatic heterocycles. The zero-order valence-electron chi connectivity index (χ0n) is 21.5. The van der Waals surface area contributed by atoms with Gasteiger partial charge in [-0.1, -0.05) is 0 Å². The van der Waals surface area contributed by atoms with Gasteiger partial charge in [-0.25, -0.2) is 0 Å². The maximum absolute atomic E-state index is 12.2. The van der Waals surface area contributed by atoms with E-state index in [1.807, 2.05) is 0 Å². The number of rotatable bonds is 20. The van der Waals surface area contributed by atoms with Gasteiger partial charge in [0.25, 0.3) is 0 Å². The molecule has 0 unspecified atom stereocenters. The fourth-order valence-corrected chi connectivity index (χ4v) is 9.99. The summed E-state index contributed by atoms with van der Waals surface area (Å²) in [6.07, 6.45) is 13.8. The van der Waals surface area contributed by atoms with Crippen molar-refractivity contribution in [3.8, 4) is 0 Å². The Hall–Kier alpha value is -0.710. The molecule has 0 atom stereocenters. The predicted octanol–water partition coefficient (Wildman–Crippen LogP) is 4.84. The van der Waals surface area contributed by atoms with Crippen molar-refractivity contribution >= 4 is 19.1 Å². The topological polar surface area (TPSA) is 95.9 Å². The summed E-state index contributed by atoms with van der Waals surface area (Å²) < 4.78 is 5.00. The first-order valence-corrected chi connectivity index (χ1v) is 15.8. The summed E-state index contributed by atoms with van der Waals surface area (Å²) in [6.45, 7) is 11.0. The molecule has 0 aromatic heterocycles. The molecule has 0 heterocycles. The van der Waals surface area contributed by atoms with Gasteiger partial charge in [0.2, 0.25) is 0 Å². The zero-order chi connectivity index (χ0) is 24.5. The van der Waals surface area contributed by atoms with Crippen LogP contribution in [0, 0.1) is 0 Å². The fraction of sp³-hybridized carbons (Fsp3) is 0.920. The van der Waals surface area contributed by atoms with E-state index in [0.29, 0.717) is 6.54 Å². The number of aliphatic hydroxyl groups is 2. The number of unbranched alkanes of at least 4 members (excludes halogenated alkanes) is 3. The van der Waals surface area contributed by atoms with Crippen LogP contribution in [0.4, 0.5) is 0 Å². The summed E-state index contributed by atoms with van der Waals surface area (Å²) in [4.78, 5) is 23.8. The van der Waals surface area contributed by atoms with E-state index in [1.54, 1.807) is 13.8 Å². The number of carbonyl (C=O) groups is 2. The Kier molecular flexibility index (Phi) is 17.3. The second-order valence-electron chi connectivity index (χ2n) is 9.79. The van der Waals surface area contributed by atoms with Gasteiger partial charge in [-0.05, 0) is 13.8 Å². The average molecular weight is 478 g/mol. The van der Waals surface area contributed by atoms with E-state index in [0.717, 1.165) is 6.42 Å². The van der Waals surface area contributed by atoms with Crippen molar-refractivity contribution in [1.82, 2.24) is 5.32 Å². The molecule has 0 rings (SSSR count). The molecule has 0 fully saturated rings. The van der Waals surface area contributed by atoms with Crippen LogP contribution in [0.2, 0.25) is 0 Å². The molecule has 1 amide bonds. The standard InChI is InChI=1S/C25H52NO5P/c1-6-9-18-32(19-10-7-2,20-11-8-3)21-12-17-26-23(27)13-15-25(29,30)16-14-24(28)31-22(4)5/h22,29-30,32H,6-21H2,1-5H3,(H,26,27). The zero-order valence-corrected chi connectivity index (χ0v) is 22.5. The molecule has 0 saturated carbocycles. The minimum absolute atomic E-state index is 0.0380. The monoisotopic (exact) mass is 477 g/mol. The Morgan fingerprint density at radius 2 is 1.31 bits per heavy atom. The Balaban J connectivity index is 4.42. The molecule has 0 aromatic rings. The number of hydrogen-bond acceptors (Lipinski definition) is 5. The fourth-order valence-electron chi connectivity index (χ4n) is 4.25. The Labute approximate surface area is 197 Å². The number of ether oxygens (including phenoxy) is 1. The van der Waals surface area contributed by atoms with E-state index in [4.69, 9.17) is 4.74 Å². The molecule has 7 heteroatoms. The van der Waals surface area contributed by atoms with Crippen molar-refractivity contribution in [2.45, 2.75) is 117 Å². The average Bonchev–Trinajstić information content (AvgIpc) is 2.74. The summed E-state index contributed by atoms with van der Waals surface area (Å²) in [5, 5.41) is 23.0. The molecular weight excluding hydrogens is 425 g/mol. The normalized spacial score (nSPS) is 12.8. The molecule has 0 aliphatic rings. The number of amides is 1. The third-order valence-corrected chi connectivity index (χ3v) is 11.9. The van der Waals surface area contributed by atoms with E-state index >= 15 is 0 Å². The molecule has 0 bridgehead atoms. The third kappa shape index (κ3) is 16.0. The van der Waals surface area contributed by atoms with Crippen molar-refractivity contribution in [1.29, 1.82) is 0 Å². The van der Waals surface area contributed by atoms with Crippen LogP contribution in [-0.4, -0.2) is 65.2 Å². The first kappa shape index (κ1) is 31.3. The molecule has 32 heavy (non-hydrogen) atoms. The predicted molar refractivity (Wildman–Crippen MR) is 137 cm³/mol. The smallest absolute Gasteiger partial charge is 0.0279 e. The van der Waals surface area contributed by atoms with Gasteiger partial charge < -0.3 is 0 Å². The molecule has 0 spiro atoms. The second-order valence-corrected chi connectivity index (χ2v) is 14.8. The van der Waals surface area contributed by atoms with Gasteiger partial charge in [0.05, 0.1) is 6.10 Å². The van der Waals surface area contributed by atoms with Crippen LogP contribution in [0.3, 0.4) is 0 Å². The summed E-state index contributed by atoms with van der Waals surface area (Å²) in [6, 6.07) is 0. The summed E-state index contributed by atoms with van der Waals surface area (Å²) >= 11 is 0. The van der Waals surface area contributed by atoms with Crippen LogP contribution < -0.4 is 5.32 Å². The molecular formula is C25H52NO5P. The minimum Gasteiger partial charge on any atom is -0.0279 e. The first-order valence-electron chi connectivity index (χ1n) is 13.0. The molecule has 0 radical (unpaired) electrons. The van der Waals surface area contributed by atoms with Crippen molar-refractivity contribution in [2.24, 2.45) is 0 Å². The van der Waals surface area contributed by atoms with Crippen LogP contribution >= 0.6 is 7.26 Å². The Bertz CT molecular complexity index is 489. The number of hydrogen-bond donors (Lipinski definition) is 3. The number of carbonyl (C=O) groups excluding carboxylic acids is 2. The van der Waals surface area contributed by atoms with Crippen LogP contribution in [0.15, 0.2) is 0 Å².